The van der Waals surface area contributed by atoms with Crippen LogP contribution in [-0.4, -0.2) is 15.0 Å². The van der Waals surface area contributed by atoms with Gasteiger partial charge in [0.25, 0.3) is 0 Å². The summed E-state index contributed by atoms with van der Waals surface area (Å²) in [4.78, 5) is 31.7. The molecular formula is C12H10N4O2S. The van der Waals surface area contributed by atoms with Crippen molar-refractivity contribution in [1.82, 2.24) is 15.0 Å². The molecule has 6 nitrogen and oxygen atoms in total. The van der Waals surface area contributed by atoms with Gasteiger partial charge in [0.2, 0.25) is 0 Å². The maximum atomic E-state index is 11.3. The van der Waals surface area contributed by atoms with E-state index in [1.54, 1.807) is 29.0 Å². The van der Waals surface area contributed by atoms with E-state index in [-0.39, 0.29) is 0 Å². The number of nitrogens with one attached hydrogen (secondary N) is 3. The number of aromatic nitrogens is 3. The topological polar surface area (TPSA) is 90.6 Å². The van der Waals surface area contributed by atoms with Gasteiger partial charge < -0.3 is 15.3 Å². The van der Waals surface area contributed by atoms with E-state index in [2.05, 4.69) is 20.3 Å². The fraction of sp³-hybridized carbons (Fsp3) is 0.0833. The molecule has 0 aliphatic carbocycles. The lowest BCUT2D eigenvalue weighted by molar-refractivity contribution is 1.07. The summed E-state index contributed by atoms with van der Waals surface area (Å²) in [6.07, 6.45) is 0. The molecule has 0 atom stereocenters. The molecule has 0 fully saturated rings. The number of benzene rings is 1. The van der Waals surface area contributed by atoms with Crippen LogP contribution in [0.25, 0.3) is 11.0 Å². The minimum absolute atomic E-state index is 0.591. The molecule has 3 aromatic rings. The third-order valence-corrected chi connectivity index (χ3v) is 3.31. The second kappa shape index (κ2) is 4.69. The highest BCUT2D eigenvalue weighted by Gasteiger charge is 2.01. The molecule has 0 radical (unpaired) electrons. The normalized spacial score (nSPS) is 10.7. The summed E-state index contributed by atoms with van der Waals surface area (Å²) in [5, 5.41) is 5.17. The van der Waals surface area contributed by atoms with Gasteiger partial charge >= 0.3 is 11.1 Å². The molecule has 7 heteroatoms. The van der Waals surface area contributed by atoms with E-state index in [0.717, 1.165) is 11.4 Å². The van der Waals surface area contributed by atoms with Gasteiger partial charge in [-0.1, -0.05) is 0 Å². The molecule has 0 spiro atoms. The monoisotopic (exact) mass is 274 g/mol. The summed E-state index contributed by atoms with van der Waals surface area (Å²) in [6.45, 7) is 0.614. The Morgan fingerprint density at radius 3 is 2.68 bits per heavy atom. The van der Waals surface area contributed by atoms with Crippen LogP contribution in [0.15, 0.2) is 38.7 Å². The minimum Gasteiger partial charge on any atom is -0.379 e. The Balaban J connectivity index is 1.91. The number of hydrogen-bond acceptors (Lipinski definition) is 5. The van der Waals surface area contributed by atoms with E-state index in [4.69, 9.17) is 0 Å². The van der Waals surface area contributed by atoms with Crippen LogP contribution in [0, 0.1) is 0 Å². The Morgan fingerprint density at radius 2 is 1.95 bits per heavy atom. The summed E-state index contributed by atoms with van der Waals surface area (Å²) in [7, 11) is 0. The van der Waals surface area contributed by atoms with Crippen LogP contribution < -0.4 is 16.4 Å². The molecule has 0 unspecified atom stereocenters. The van der Waals surface area contributed by atoms with Crippen molar-refractivity contribution in [2.75, 3.05) is 5.32 Å². The molecule has 2 heterocycles. The van der Waals surface area contributed by atoms with Crippen LogP contribution in [0.1, 0.15) is 5.69 Å². The Bertz CT molecular complexity index is 820. The fourth-order valence-corrected chi connectivity index (χ4v) is 2.30. The highest BCUT2D eigenvalue weighted by atomic mass is 32.1. The van der Waals surface area contributed by atoms with Crippen molar-refractivity contribution >= 4 is 28.1 Å². The summed E-state index contributed by atoms with van der Waals surface area (Å²) in [5.74, 6) is 0. The number of anilines is 1. The zero-order chi connectivity index (χ0) is 13.2. The molecule has 2 aromatic heterocycles. The number of rotatable bonds is 3. The standard InChI is InChI=1S/C12H10N4O2S/c17-11-12(18)16-10-3-7(1-2-9(10)15-11)13-4-8-5-19-6-14-8/h1-3,5-6,13H,4H2,(H,15,17)(H,16,18). The Kier molecular flexibility index (Phi) is 2.88. The Hall–Kier alpha value is -2.41. The molecule has 0 saturated carbocycles. The Morgan fingerprint density at radius 1 is 1.16 bits per heavy atom. The van der Waals surface area contributed by atoms with E-state index in [9.17, 15) is 9.59 Å². The van der Waals surface area contributed by atoms with Gasteiger partial charge in [-0.2, -0.15) is 0 Å². The van der Waals surface area contributed by atoms with Gasteiger partial charge in [0.1, 0.15) is 0 Å². The second-order valence-electron chi connectivity index (χ2n) is 4.00. The maximum absolute atomic E-state index is 11.3. The first kappa shape index (κ1) is 11.7. The van der Waals surface area contributed by atoms with Crippen molar-refractivity contribution in [3.8, 4) is 0 Å². The van der Waals surface area contributed by atoms with Gasteiger partial charge in [-0.3, -0.25) is 9.59 Å². The van der Waals surface area contributed by atoms with E-state index in [1.807, 2.05) is 11.4 Å². The third kappa shape index (κ3) is 2.41. The number of nitrogens with zero attached hydrogens (tertiary/aromatic N) is 1. The van der Waals surface area contributed by atoms with Gasteiger partial charge in [-0.15, -0.1) is 11.3 Å². The molecule has 1 aromatic carbocycles. The van der Waals surface area contributed by atoms with Gasteiger partial charge in [0, 0.05) is 11.1 Å². The lowest BCUT2D eigenvalue weighted by atomic mass is 10.2. The largest absolute Gasteiger partial charge is 0.379 e. The molecule has 0 bridgehead atoms. The first-order valence-electron chi connectivity index (χ1n) is 5.60. The predicted molar refractivity (Wildman–Crippen MR) is 74.6 cm³/mol. The smallest absolute Gasteiger partial charge is 0.314 e. The van der Waals surface area contributed by atoms with Crippen LogP contribution in [0.2, 0.25) is 0 Å². The number of hydrogen-bond donors (Lipinski definition) is 3. The van der Waals surface area contributed by atoms with Crippen molar-refractivity contribution in [3.05, 3.63) is 55.5 Å². The molecular weight excluding hydrogens is 264 g/mol. The highest BCUT2D eigenvalue weighted by molar-refractivity contribution is 7.07. The third-order valence-electron chi connectivity index (χ3n) is 2.68. The van der Waals surface area contributed by atoms with Crippen LogP contribution in [0.5, 0.6) is 0 Å². The maximum Gasteiger partial charge on any atom is 0.314 e. The lowest BCUT2D eigenvalue weighted by Crippen LogP contribution is -2.28. The molecule has 0 amide bonds. The van der Waals surface area contributed by atoms with Crippen molar-refractivity contribution in [3.63, 3.8) is 0 Å². The van der Waals surface area contributed by atoms with Crippen molar-refractivity contribution in [2.24, 2.45) is 0 Å². The first-order chi connectivity index (χ1) is 9.22. The molecule has 3 N–H and O–H groups in total. The predicted octanol–water partition coefficient (Wildman–Crippen LogP) is 1.28. The molecule has 0 saturated heterocycles. The average Bonchev–Trinajstić information content (AvgIpc) is 2.91. The minimum atomic E-state index is -0.649. The van der Waals surface area contributed by atoms with Crippen LogP contribution >= 0.6 is 11.3 Å². The van der Waals surface area contributed by atoms with Crippen molar-refractivity contribution in [1.29, 1.82) is 0 Å². The zero-order valence-corrected chi connectivity index (χ0v) is 10.6. The first-order valence-corrected chi connectivity index (χ1v) is 6.54. The highest BCUT2D eigenvalue weighted by Crippen LogP contribution is 2.14. The van der Waals surface area contributed by atoms with Gasteiger partial charge in [0.05, 0.1) is 28.8 Å². The number of aromatic amines is 2. The van der Waals surface area contributed by atoms with Crippen molar-refractivity contribution in [2.45, 2.75) is 6.54 Å². The van der Waals surface area contributed by atoms with E-state index < -0.39 is 11.1 Å². The zero-order valence-electron chi connectivity index (χ0n) is 9.77. The summed E-state index contributed by atoms with van der Waals surface area (Å²) in [6, 6.07) is 5.36. The van der Waals surface area contributed by atoms with E-state index in [1.165, 1.54) is 0 Å². The SMILES string of the molecule is O=c1[nH]c2ccc(NCc3cscn3)cc2[nH]c1=O. The lowest BCUT2D eigenvalue weighted by Gasteiger charge is -2.05. The van der Waals surface area contributed by atoms with Crippen LogP contribution in [0.3, 0.4) is 0 Å². The van der Waals surface area contributed by atoms with E-state index in [0.29, 0.717) is 17.6 Å². The van der Waals surface area contributed by atoms with E-state index >= 15 is 0 Å². The summed E-state index contributed by atoms with van der Waals surface area (Å²) in [5.41, 5.74) is 3.49. The fourth-order valence-electron chi connectivity index (χ4n) is 1.74. The van der Waals surface area contributed by atoms with Crippen LogP contribution in [-0.2, 0) is 6.54 Å². The summed E-state index contributed by atoms with van der Waals surface area (Å²) < 4.78 is 0. The van der Waals surface area contributed by atoms with Crippen molar-refractivity contribution < 1.29 is 0 Å². The number of thiazole rings is 1. The molecule has 3 rings (SSSR count). The molecule has 96 valence electrons. The van der Waals surface area contributed by atoms with Gasteiger partial charge in [-0.05, 0) is 18.2 Å². The van der Waals surface area contributed by atoms with Gasteiger partial charge in [-0.25, -0.2) is 4.98 Å². The van der Waals surface area contributed by atoms with Crippen LogP contribution in [0.4, 0.5) is 5.69 Å². The average molecular weight is 274 g/mol. The second-order valence-corrected chi connectivity index (χ2v) is 4.72. The quantitative estimate of drug-likeness (QED) is 0.628. The molecule has 0 aliphatic heterocycles. The summed E-state index contributed by atoms with van der Waals surface area (Å²) >= 11 is 1.54. The Labute approximate surface area is 111 Å². The molecule has 0 aliphatic rings. The molecule has 19 heavy (non-hydrogen) atoms. The number of H-pyrrole nitrogens is 2. The van der Waals surface area contributed by atoms with Gasteiger partial charge in [0.15, 0.2) is 0 Å². The number of fused-ring (bicyclic) bond motifs is 1.